The van der Waals surface area contributed by atoms with Crippen LogP contribution in [0.15, 0.2) is 47.4 Å². The van der Waals surface area contributed by atoms with Crippen molar-refractivity contribution in [2.45, 2.75) is 17.9 Å². The summed E-state index contributed by atoms with van der Waals surface area (Å²) in [5.41, 5.74) is 0.739. The van der Waals surface area contributed by atoms with Crippen LogP contribution in [0, 0.1) is 5.82 Å². The van der Waals surface area contributed by atoms with Crippen LogP contribution in [-0.4, -0.2) is 15.5 Å². The molecule has 0 saturated heterocycles. The third-order valence-corrected chi connectivity index (χ3v) is 4.93. The van der Waals surface area contributed by atoms with Crippen molar-refractivity contribution in [3.05, 3.63) is 58.9 Å². The van der Waals surface area contributed by atoms with Crippen LogP contribution in [0.2, 0.25) is 5.02 Å². The summed E-state index contributed by atoms with van der Waals surface area (Å²) in [6.45, 7) is 1.69. The average Bonchev–Trinajstić information content (AvgIpc) is 2.47. The van der Waals surface area contributed by atoms with Crippen molar-refractivity contribution in [1.82, 2.24) is 4.72 Å². The van der Waals surface area contributed by atoms with E-state index in [2.05, 4.69) is 4.72 Å². The van der Waals surface area contributed by atoms with Crippen molar-refractivity contribution in [3.8, 4) is 5.75 Å². The number of halogens is 2. The third-order valence-electron chi connectivity index (χ3n) is 3.12. The van der Waals surface area contributed by atoms with E-state index in [1.165, 1.54) is 13.2 Å². The number of methoxy groups -OCH3 is 1. The monoisotopic (exact) mass is 343 g/mol. The molecule has 0 aliphatic heterocycles. The zero-order chi connectivity index (χ0) is 16.3. The van der Waals surface area contributed by atoms with Gasteiger partial charge in [-0.1, -0.05) is 23.7 Å². The van der Waals surface area contributed by atoms with E-state index in [9.17, 15) is 12.8 Å². The van der Waals surface area contributed by atoms with E-state index in [4.69, 9.17) is 16.3 Å². The lowest BCUT2D eigenvalue weighted by Gasteiger charge is -2.16. The lowest BCUT2D eigenvalue weighted by molar-refractivity contribution is 0.400. The zero-order valence-electron chi connectivity index (χ0n) is 12.0. The van der Waals surface area contributed by atoms with Gasteiger partial charge in [0.15, 0.2) is 0 Å². The lowest BCUT2D eigenvalue weighted by Crippen LogP contribution is -2.27. The van der Waals surface area contributed by atoms with E-state index in [-0.39, 0.29) is 10.6 Å². The van der Waals surface area contributed by atoms with E-state index in [0.717, 1.165) is 17.7 Å². The molecule has 7 heteroatoms. The fourth-order valence-corrected chi connectivity index (χ4v) is 3.51. The molecule has 0 radical (unpaired) electrons. The van der Waals surface area contributed by atoms with Gasteiger partial charge in [0, 0.05) is 11.1 Å². The fourth-order valence-electron chi connectivity index (χ4n) is 1.98. The lowest BCUT2D eigenvalue weighted by atomic mass is 10.1. The number of rotatable bonds is 5. The molecule has 1 N–H and O–H groups in total. The Morgan fingerprint density at radius 2 is 1.82 bits per heavy atom. The van der Waals surface area contributed by atoms with Crippen LogP contribution in [0.3, 0.4) is 0 Å². The molecule has 118 valence electrons. The highest BCUT2D eigenvalue weighted by atomic mass is 35.5. The Hall–Kier alpha value is -1.63. The summed E-state index contributed by atoms with van der Waals surface area (Å²) in [4.78, 5) is -0.240. The molecule has 2 aromatic carbocycles. The maximum atomic E-state index is 13.4. The molecule has 0 aliphatic carbocycles. The maximum Gasteiger partial charge on any atom is 0.244 e. The van der Waals surface area contributed by atoms with E-state index in [0.29, 0.717) is 5.02 Å². The first kappa shape index (κ1) is 16.7. The largest absolute Gasteiger partial charge is 0.495 e. The molecule has 0 fully saturated rings. The van der Waals surface area contributed by atoms with Crippen LogP contribution in [0.5, 0.6) is 5.75 Å². The average molecular weight is 344 g/mol. The quantitative estimate of drug-likeness (QED) is 0.903. The van der Waals surface area contributed by atoms with Crippen molar-refractivity contribution in [1.29, 1.82) is 0 Å². The van der Waals surface area contributed by atoms with Crippen LogP contribution < -0.4 is 9.46 Å². The second-order valence-electron chi connectivity index (χ2n) is 4.69. The maximum absolute atomic E-state index is 13.4. The minimum absolute atomic E-state index is 0.0807. The van der Waals surface area contributed by atoms with E-state index in [1.807, 2.05) is 0 Å². The molecule has 2 aromatic rings. The molecule has 1 unspecified atom stereocenters. The second kappa shape index (κ2) is 6.64. The Labute approximate surface area is 133 Å². The topological polar surface area (TPSA) is 55.4 Å². The standard InChI is InChI=1S/C15H15ClFNO3S/c1-10(11-3-5-12(16)6-4-11)18-22(19,20)15-9-13(17)7-8-14(15)21-2/h3-10,18H,1-2H3. The molecule has 0 heterocycles. The number of ether oxygens (including phenoxy) is 1. The second-order valence-corrected chi connectivity index (χ2v) is 6.81. The van der Waals surface area contributed by atoms with E-state index >= 15 is 0 Å². The van der Waals surface area contributed by atoms with Gasteiger partial charge in [-0.15, -0.1) is 0 Å². The summed E-state index contributed by atoms with van der Waals surface area (Å²) in [5, 5.41) is 0.561. The van der Waals surface area contributed by atoms with Crippen molar-refractivity contribution < 1.29 is 17.5 Å². The van der Waals surface area contributed by atoms with E-state index < -0.39 is 21.9 Å². The summed E-state index contributed by atoms with van der Waals surface area (Å²) < 4.78 is 45.7. The highest BCUT2D eigenvalue weighted by molar-refractivity contribution is 7.89. The number of benzene rings is 2. The van der Waals surface area contributed by atoms with Gasteiger partial charge in [-0.2, -0.15) is 0 Å². The molecule has 0 saturated carbocycles. The van der Waals surface area contributed by atoms with Crippen molar-refractivity contribution >= 4 is 21.6 Å². The third kappa shape index (κ3) is 3.76. The van der Waals surface area contributed by atoms with Crippen molar-refractivity contribution in [2.75, 3.05) is 7.11 Å². The number of hydrogen-bond donors (Lipinski definition) is 1. The molecule has 0 bridgehead atoms. The van der Waals surface area contributed by atoms with Gasteiger partial charge in [-0.3, -0.25) is 0 Å². The minimum Gasteiger partial charge on any atom is -0.495 e. The molecule has 2 rings (SSSR count). The van der Waals surface area contributed by atoms with Gasteiger partial charge in [0.1, 0.15) is 16.5 Å². The van der Waals surface area contributed by atoms with Gasteiger partial charge in [0.25, 0.3) is 0 Å². The van der Waals surface area contributed by atoms with Gasteiger partial charge in [0.2, 0.25) is 10.0 Å². The molecule has 1 atom stereocenters. The zero-order valence-corrected chi connectivity index (χ0v) is 13.6. The van der Waals surface area contributed by atoms with Crippen molar-refractivity contribution in [2.24, 2.45) is 0 Å². The van der Waals surface area contributed by atoms with Crippen LogP contribution in [-0.2, 0) is 10.0 Å². The first-order chi connectivity index (χ1) is 10.3. The normalized spacial score (nSPS) is 12.9. The van der Waals surface area contributed by atoms with E-state index in [1.54, 1.807) is 31.2 Å². The first-order valence-corrected chi connectivity index (χ1v) is 8.31. The van der Waals surface area contributed by atoms with Crippen molar-refractivity contribution in [3.63, 3.8) is 0 Å². The molecular weight excluding hydrogens is 329 g/mol. The summed E-state index contributed by atoms with van der Waals surface area (Å²) in [6.07, 6.45) is 0. The van der Waals surface area contributed by atoms with Gasteiger partial charge in [-0.25, -0.2) is 17.5 Å². The van der Waals surface area contributed by atoms with Gasteiger partial charge >= 0.3 is 0 Å². The number of nitrogens with one attached hydrogen (secondary N) is 1. The summed E-state index contributed by atoms with van der Waals surface area (Å²) >= 11 is 5.81. The van der Waals surface area contributed by atoms with Crippen LogP contribution in [0.4, 0.5) is 4.39 Å². The highest BCUT2D eigenvalue weighted by Crippen LogP contribution is 2.26. The molecule has 0 aromatic heterocycles. The molecule has 0 aliphatic rings. The van der Waals surface area contributed by atoms with Gasteiger partial charge in [0.05, 0.1) is 7.11 Å². The molecular formula is C15H15ClFNO3S. The predicted octanol–water partition coefficient (Wildman–Crippen LogP) is 3.53. The van der Waals surface area contributed by atoms with Crippen LogP contribution >= 0.6 is 11.6 Å². The Balaban J connectivity index is 2.31. The summed E-state index contributed by atoms with van der Waals surface area (Å²) in [6, 6.07) is 9.62. The Bertz CT molecular complexity index is 763. The minimum atomic E-state index is -3.93. The Morgan fingerprint density at radius 1 is 1.18 bits per heavy atom. The predicted molar refractivity (Wildman–Crippen MR) is 83.1 cm³/mol. The van der Waals surface area contributed by atoms with Gasteiger partial charge in [-0.05, 0) is 42.8 Å². The summed E-state index contributed by atoms with van der Waals surface area (Å²) in [5.74, 6) is -0.572. The number of hydrogen-bond acceptors (Lipinski definition) is 3. The number of sulfonamides is 1. The molecule has 0 spiro atoms. The Morgan fingerprint density at radius 3 is 2.41 bits per heavy atom. The molecule has 22 heavy (non-hydrogen) atoms. The molecule has 4 nitrogen and oxygen atoms in total. The molecule has 0 amide bonds. The fraction of sp³-hybridized carbons (Fsp3) is 0.200. The highest BCUT2D eigenvalue weighted by Gasteiger charge is 2.23. The van der Waals surface area contributed by atoms with Gasteiger partial charge < -0.3 is 4.74 Å². The Kier molecular flexibility index (Phi) is 5.05. The SMILES string of the molecule is COc1ccc(F)cc1S(=O)(=O)NC(C)c1ccc(Cl)cc1. The smallest absolute Gasteiger partial charge is 0.244 e. The first-order valence-electron chi connectivity index (χ1n) is 6.45. The van der Waals surface area contributed by atoms with Crippen LogP contribution in [0.1, 0.15) is 18.5 Å². The summed E-state index contributed by atoms with van der Waals surface area (Å²) in [7, 11) is -2.60. The van der Waals surface area contributed by atoms with Crippen LogP contribution in [0.25, 0.3) is 0 Å².